The summed E-state index contributed by atoms with van der Waals surface area (Å²) in [6, 6.07) is 5.53. The third-order valence-electron chi connectivity index (χ3n) is 2.59. The van der Waals surface area contributed by atoms with Gasteiger partial charge in [0.1, 0.15) is 16.4 Å². The van der Waals surface area contributed by atoms with Crippen molar-refractivity contribution in [3.63, 3.8) is 0 Å². The topological polar surface area (TPSA) is 48.1 Å². The summed E-state index contributed by atoms with van der Waals surface area (Å²) < 4.78 is 5.33. The molecule has 1 aromatic carbocycles. The van der Waals surface area contributed by atoms with Crippen LogP contribution in [0.15, 0.2) is 18.2 Å². The molecule has 0 unspecified atom stereocenters. The fourth-order valence-corrected chi connectivity index (χ4v) is 2.98. The van der Waals surface area contributed by atoms with E-state index in [0.717, 1.165) is 29.1 Å². The van der Waals surface area contributed by atoms with Crippen LogP contribution in [0.1, 0.15) is 18.4 Å². The summed E-state index contributed by atoms with van der Waals surface area (Å²) >= 11 is 7.74. The molecule has 18 heavy (non-hydrogen) atoms. The first-order valence-corrected chi connectivity index (χ1v) is 6.94. The maximum atomic E-state index is 6.23. The number of aromatic nitrogens is 1. The van der Waals surface area contributed by atoms with Crippen LogP contribution in [-0.2, 0) is 6.42 Å². The lowest BCUT2D eigenvalue weighted by Crippen LogP contribution is -1.92. The van der Waals surface area contributed by atoms with Crippen LogP contribution in [0.2, 0.25) is 5.02 Å². The highest BCUT2D eigenvalue weighted by atomic mass is 35.5. The molecule has 0 saturated heterocycles. The lowest BCUT2D eigenvalue weighted by molar-refractivity contribution is 0.416. The summed E-state index contributed by atoms with van der Waals surface area (Å²) in [6.07, 6.45) is 1.98. The van der Waals surface area contributed by atoms with E-state index < -0.39 is 0 Å². The second kappa shape index (κ2) is 5.59. The number of thiazole rings is 1. The predicted molar refractivity (Wildman–Crippen MR) is 77.5 cm³/mol. The van der Waals surface area contributed by atoms with E-state index >= 15 is 0 Å². The molecule has 3 nitrogen and oxygen atoms in total. The molecule has 0 aliphatic carbocycles. The van der Waals surface area contributed by atoms with Gasteiger partial charge >= 0.3 is 0 Å². The Labute approximate surface area is 116 Å². The highest BCUT2D eigenvalue weighted by Crippen LogP contribution is 2.40. The van der Waals surface area contributed by atoms with E-state index in [1.807, 2.05) is 18.2 Å². The van der Waals surface area contributed by atoms with Crippen LogP contribution < -0.4 is 10.5 Å². The van der Waals surface area contributed by atoms with E-state index in [9.17, 15) is 0 Å². The number of nitrogen functional groups attached to an aromatic ring is 1. The first-order valence-electron chi connectivity index (χ1n) is 5.75. The first kappa shape index (κ1) is 13.2. The van der Waals surface area contributed by atoms with Crippen LogP contribution in [0.3, 0.4) is 0 Å². The van der Waals surface area contributed by atoms with Crippen molar-refractivity contribution in [3.05, 3.63) is 28.2 Å². The fourth-order valence-electron chi connectivity index (χ4n) is 1.78. The molecule has 0 amide bonds. The van der Waals surface area contributed by atoms with Crippen LogP contribution in [-0.4, -0.2) is 12.1 Å². The average molecular weight is 283 g/mol. The van der Waals surface area contributed by atoms with Gasteiger partial charge in [0.25, 0.3) is 0 Å². The molecule has 5 heteroatoms. The van der Waals surface area contributed by atoms with Crippen molar-refractivity contribution in [2.45, 2.75) is 19.8 Å². The van der Waals surface area contributed by atoms with Crippen molar-refractivity contribution in [2.75, 3.05) is 12.8 Å². The zero-order chi connectivity index (χ0) is 13.1. The van der Waals surface area contributed by atoms with Gasteiger partial charge in [0.05, 0.1) is 22.7 Å². The van der Waals surface area contributed by atoms with E-state index in [1.54, 1.807) is 7.11 Å². The number of rotatable bonds is 4. The molecular formula is C13H15ClN2OS. The molecule has 0 fully saturated rings. The quantitative estimate of drug-likeness (QED) is 0.922. The number of methoxy groups -OCH3 is 1. The summed E-state index contributed by atoms with van der Waals surface area (Å²) in [5, 5.41) is 2.33. The largest absolute Gasteiger partial charge is 0.496 e. The molecule has 0 saturated carbocycles. The van der Waals surface area contributed by atoms with Crippen molar-refractivity contribution < 1.29 is 4.74 Å². The Kier molecular flexibility index (Phi) is 4.09. The van der Waals surface area contributed by atoms with Gasteiger partial charge in [-0.15, -0.1) is 11.3 Å². The van der Waals surface area contributed by atoms with E-state index in [0.29, 0.717) is 15.8 Å². The van der Waals surface area contributed by atoms with Crippen LogP contribution in [0.25, 0.3) is 11.3 Å². The molecule has 2 aromatic rings. The summed E-state index contributed by atoms with van der Waals surface area (Å²) in [7, 11) is 1.62. The Hall–Kier alpha value is -1.26. The minimum absolute atomic E-state index is 0.606. The lowest BCUT2D eigenvalue weighted by Gasteiger charge is -2.08. The van der Waals surface area contributed by atoms with Crippen molar-refractivity contribution >= 4 is 27.9 Å². The van der Waals surface area contributed by atoms with Crippen molar-refractivity contribution in [1.29, 1.82) is 0 Å². The van der Waals surface area contributed by atoms with Gasteiger partial charge in [-0.05, 0) is 25.0 Å². The molecular weight excluding hydrogens is 268 g/mol. The molecule has 0 aliphatic heterocycles. The van der Waals surface area contributed by atoms with Crippen molar-refractivity contribution in [2.24, 2.45) is 0 Å². The van der Waals surface area contributed by atoms with E-state index in [1.165, 1.54) is 11.3 Å². The molecule has 0 atom stereocenters. The van der Waals surface area contributed by atoms with E-state index in [-0.39, 0.29) is 0 Å². The van der Waals surface area contributed by atoms with E-state index in [2.05, 4.69) is 11.9 Å². The zero-order valence-electron chi connectivity index (χ0n) is 10.4. The number of nitrogens with two attached hydrogens (primary N) is 1. The smallest absolute Gasteiger partial charge is 0.129 e. The number of halogens is 1. The maximum Gasteiger partial charge on any atom is 0.129 e. The summed E-state index contributed by atoms with van der Waals surface area (Å²) in [5.74, 6) is 0.697. The second-order valence-corrected chi connectivity index (χ2v) is 5.41. The molecule has 2 N–H and O–H groups in total. The number of anilines is 1. The predicted octanol–water partition coefficient (Wildman–Crippen LogP) is 4.01. The summed E-state index contributed by atoms with van der Waals surface area (Å²) in [5.41, 5.74) is 7.54. The highest BCUT2D eigenvalue weighted by Gasteiger charge is 2.17. The molecule has 0 bridgehead atoms. The standard InChI is InChI=1S/C13H15ClN2OS/c1-3-5-10-16-12(13(15)18-10)11-8(14)6-4-7-9(11)17-2/h4,6-7H,3,5,15H2,1-2H3. The average Bonchev–Trinajstić information content (AvgIpc) is 2.70. The van der Waals surface area contributed by atoms with Gasteiger partial charge in [0.15, 0.2) is 0 Å². The number of nitrogens with zero attached hydrogens (tertiary/aromatic N) is 1. The minimum atomic E-state index is 0.606. The number of hydrogen-bond acceptors (Lipinski definition) is 4. The fraction of sp³-hybridized carbons (Fsp3) is 0.308. The Morgan fingerprint density at radius 1 is 1.44 bits per heavy atom. The molecule has 1 heterocycles. The normalized spacial score (nSPS) is 10.6. The Morgan fingerprint density at radius 2 is 2.22 bits per heavy atom. The van der Waals surface area contributed by atoms with Crippen LogP contribution in [0.4, 0.5) is 5.00 Å². The third kappa shape index (κ3) is 2.44. The summed E-state index contributed by atoms with van der Waals surface area (Å²) in [6.45, 7) is 2.12. The maximum absolute atomic E-state index is 6.23. The zero-order valence-corrected chi connectivity index (χ0v) is 11.9. The summed E-state index contributed by atoms with van der Waals surface area (Å²) in [4.78, 5) is 4.57. The number of hydrogen-bond donors (Lipinski definition) is 1. The van der Waals surface area contributed by atoms with Gasteiger partial charge in [-0.2, -0.15) is 0 Å². The molecule has 1 aromatic heterocycles. The molecule has 0 spiro atoms. The van der Waals surface area contributed by atoms with Crippen molar-refractivity contribution in [1.82, 2.24) is 4.98 Å². The van der Waals surface area contributed by atoms with Gasteiger partial charge in [-0.25, -0.2) is 4.98 Å². The Bertz CT molecular complexity index is 554. The van der Waals surface area contributed by atoms with Gasteiger partial charge in [-0.3, -0.25) is 0 Å². The number of aryl methyl sites for hydroxylation is 1. The highest BCUT2D eigenvalue weighted by molar-refractivity contribution is 7.16. The first-order chi connectivity index (χ1) is 8.67. The Morgan fingerprint density at radius 3 is 2.89 bits per heavy atom. The molecule has 96 valence electrons. The molecule has 2 rings (SSSR count). The van der Waals surface area contributed by atoms with Crippen LogP contribution >= 0.6 is 22.9 Å². The second-order valence-electron chi connectivity index (χ2n) is 3.89. The number of benzene rings is 1. The lowest BCUT2D eigenvalue weighted by atomic mass is 10.1. The van der Waals surface area contributed by atoms with Crippen LogP contribution in [0.5, 0.6) is 5.75 Å². The van der Waals surface area contributed by atoms with Gasteiger partial charge in [-0.1, -0.05) is 24.6 Å². The van der Waals surface area contributed by atoms with Crippen molar-refractivity contribution in [3.8, 4) is 17.0 Å². The Balaban J connectivity index is 2.54. The molecule has 0 aliphatic rings. The SMILES string of the molecule is CCCc1nc(-c2c(Cl)cccc2OC)c(N)s1. The minimum Gasteiger partial charge on any atom is -0.496 e. The molecule has 0 radical (unpaired) electrons. The van der Waals surface area contributed by atoms with Gasteiger partial charge < -0.3 is 10.5 Å². The monoisotopic (exact) mass is 282 g/mol. The van der Waals surface area contributed by atoms with Crippen LogP contribution in [0, 0.1) is 0 Å². The van der Waals surface area contributed by atoms with Gasteiger partial charge in [0, 0.05) is 0 Å². The van der Waals surface area contributed by atoms with Gasteiger partial charge in [0.2, 0.25) is 0 Å². The third-order valence-corrected chi connectivity index (χ3v) is 3.85. The number of ether oxygens (including phenoxy) is 1. The van der Waals surface area contributed by atoms with E-state index in [4.69, 9.17) is 22.1 Å².